The molecule has 1 N–H and O–H groups in total. The van der Waals surface area contributed by atoms with Crippen LogP contribution in [0.3, 0.4) is 0 Å². The molecule has 0 spiro atoms. The van der Waals surface area contributed by atoms with Gasteiger partial charge in [-0.05, 0) is 47.5 Å². The fourth-order valence-corrected chi connectivity index (χ4v) is 4.70. The summed E-state index contributed by atoms with van der Waals surface area (Å²) in [6.45, 7) is -0.388. The maximum Gasteiger partial charge on any atom is 0.255 e. The van der Waals surface area contributed by atoms with Gasteiger partial charge in [0.05, 0.1) is 27.7 Å². The number of rotatable bonds is 8. The fourth-order valence-electron chi connectivity index (χ4n) is 2.73. The Morgan fingerprint density at radius 1 is 1.00 bits per heavy atom. The first-order valence-corrected chi connectivity index (χ1v) is 12.3. The molecule has 0 saturated carbocycles. The lowest BCUT2D eigenvalue weighted by Gasteiger charge is -2.21. The van der Waals surface area contributed by atoms with Crippen LogP contribution in [0.25, 0.3) is 0 Å². The van der Waals surface area contributed by atoms with Crippen LogP contribution in [0.2, 0.25) is 10.0 Å². The lowest BCUT2D eigenvalue weighted by molar-refractivity contribution is -0.121. The van der Waals surface area contributed by atoms with Crippen molar-refractivity contribution in [3.8, 4) is 0 Å². The van der Waals surface area contributed by atoms with Gasteiger partial charge in [0.25, 0.3) is 5.91 Å². The number of benzene rings is 3. The van der Waals surface area contributed by atoms with Crippen molar-refractivity contribution in [1.82, 2.24) is 9.73 Å². The summed E-state index contributed by atoms with van der Waals surface area (Å²) in [7, 11) is -3.92. The maximum atomic E-state index is 13.2. The molecular weight excluding hydrogens is 537 g/mol. The van der Waals surface area contributed by atoms with E-state index in [1.54, 1.807) is 48.5 Å². The molecule has 3 aromatic rings. The van der Waals surface area contributed by atoms with Crippen molar-refractivity contribution >= 4 is 61.3 Å². The van der Waals surface area contributed by atoms with E-state index in [1.807, 2.05) is 12.1 Å². The molecule has 0 aliphatic rings. The largest absolute Gasteiger partial charge is 0.272 e. The summed E-state index contributed by atoms with van der Waals surface area (Å²) in [5.41, 5.74) is 3.72. The summed E-state index contributed by atoms with van der Waals surface area (Å²) >= 11 is 15.2. The molecule has 6 nitrogen and oxygen atoms in total. The monoisotopic (exact) mass is 553 g/mol. The van der Waals surface area contributed by atoms with Crippen molar-refractivity contribution in [2.24, 2.45) is 5.10 Å². The number of carbonyl (C=O) groups excluding carboxylic acids is 1. The average molecular weight is 555 g/mol. The van der Waals surface area contributed by atoms with Gasteiger partial charge in [-0.3, -0.25) is 4.79 Å². The fraction of sp³-hybridized carbons (Fsp3) is 0.0909. The molecule has 0 heterocycles. The molecule has 3 aromatic carbocycles. The number of halogens is 3. The minimum absolute atomic E-state index is 0.0223. The summed E-state index contributed by atoms with van der Waals surface area (Å²) in [5.74, 6) is -0.585. The molecule has 0 atom stereocenters. The molecule has 32 heavy (non-hydrogen) atoms. The Morgan fingerprint density at radius 3 is 2.34 bits per heavy atom. The van der Waals surface area contributed by atoms with Crippen LogP contribution >= 0.6 is 39.1 Å². The molecule has 0 saturated heterocycles. The zero-order valence-corrected chi connectivity index (χ0v) is 20.5. The first-order chi connectivity index (χ1) is 15.3. The van der Waals surface area contributed by atoms with Gasteiger partial charge in [0.15, 0.2) is 0 Å². The first kappa shape index (κ1) is 24.4. The van der Waals surface area contributed by atoms with Crippen molar-refractivity contribution in [2.45, 2.75) is 11.4 Å². The van der Waals surface area contributed by atoms with Crippen molar-refractivity contribution in [3.05, 3.63) is 98.4 Å². The van der Waals surface area contributed by atoms with Crippen molar-refractivity contribution in [3.63, 3.8) is 0 Å². The van der Waals surface area contributed by atoms with Gasteiger partial charge in [-0.25, -0.2) is 13.8 Å². The minimum Gasteiger partial charge on any atom is -0.272 e. The van der Waals surface area contributed by atoms with E-state index in [0.29, 0.717) is 15.6 Å². The number of hydrogen-bond donors (Lipinski definition) is 1. The highest BCUT2D eigenvalue weighted by atomic mass is 79.9. The van der Waals surface area contributed by atoms with Gasteiger partial charge in [0.1, 0.15) is 0 Å². The van der Waals surface area contributed by atoms with E-state index in [1.165, 1.54) is 18.3 Å². The minimum atomic E-state index is -3.92. The Balaban J connectivity index is 1.76. The number of nitrogens with one attached hydrogen (secondary N) is 1. The molecular formula is C22H18BrCl2N3O3S. The van der Waals surface area contributed by atoms with Gasteiger partial charge >= 0.3 is 0 Å². The molecule has 1 amide bonds. The summed E-state index contributed by atoms with van der Waals surface area (Å²) in [6.07, 6.45) is 1.39. The third-order valence-corrected chi connectivity index (χ3v) is 7.39. The van der Waals surface area contributed by atoms with Gasteiger partial charge in [-0.15, -0.1) is 0 Å². The third-order valence-electron chi connectivity index (χ3n) is 4.32. The van der Waals surface area contributed by atoms with E-state index in [4.69, 9.17) is 23.2 Å². The van der Waals surface area contributed by atoms with Crippen molar-refractivity contribution < 1.29 is 13.2 Å². The molecule has 0 aliphatic heterocycles. The van der Waals surface area contributed by atoms with Crippen LogP contribution in [-0.2, 0) is 21.4 Å². The number of nitrogens with zero attached hydrogens (tertiary/aromatic N) is 2. The Bertz CT molecular complexity index is 1220. The SMILES string of the molecule is O=C(CN(Cc1ccc(Br)cc1)S(=O)(=O)c1ccccc1)N/N=C\c1ccc(Cl)c(Cl)c1. The van der Waals surface area contributed by atoms with Crippen LogP contribution in [0, 0.1) is 0 Å². The van der Waals surface area contributed by atoms with E-state index >= 15 is 0 Å². The zero-order chi connectivity index (χ0) is 23.1. The second-order valence-electron chi connectivity index (χ2n) is 6.68. The molecule has 0 fully saturated rings. The standard InChI is InChI=1S/C22H18BrCl2N3O3S/c23-18-9-6-16(7-10-18)14-28(32(30,31)19-4-2-1-3-5-19)15-22(29)27-26-13-17-8-11-20(24)21(25)12-17/h1-13H,14-15H2,(H,27,29)/b26-13-. The topological polar surface area (TPSA) is 78.8 Å². The third kappa shape index (κ3) is 6.63. The Kier molecular flexibility index (Phi) is 8.44. The first-order valence-electron chi connectivity index (χ1n) is 9.32. The number of hydrogen-bond acceptors (Lipinski definition) is 4. The molecule has 0 unspecified atom stereocenters. The molecule has 0 radical (unpaired) electrons. The molecule has 0 aromatic heterocycles. The maximum absolute atomic E-state index is 13.2. The highest BCUT2D eigenvalue weighted by Crippen LogP contribution is 2.22. The van der Waals surface area contributed by atoms with E-state index in [2.05, 4.69) is 26.5 Å². The second-order valence-corrected chi connectivity index (χ2v) is 10.3. The van der Waals surface area contributed by atoms with E-state index in [0.717, 1.165) is 14.3 Å². The zero-order valence-electron chi connectivity index (χ0n) is 16.6. The number of hydrazone groups is 1. The van der Waals surface area contributed by atoms with Crippen molar-refractivity contribution in [2.75, 3.05) is 6.54 Å². The summed E-state index contributed by atoms with van der Waals surface area (Å²) < 4.78 is 28.3. The van der Waals surface area contributed by atoms with Crippen LogP contribution in [0.5, 0.6) is 0 Å². The second kappa shape index (κ2) is 11.1. The highest BCUT2D eigenvalue weighted by molar-refractivity contribution is 9.10. The van der Waals surface area contributed by atoms with Crippen molar-refractivity contribution in [1.29, 1.82) is 0 Å². The molecule has 3 rings (SSSR count). The Hall–Kier alpha value is -2.23. The van der Waals surface area contributed by atoms with Gasteiger partial charge in [0.2, 0.25) is 10.0 Å². The predicted octanol–water partition coefficient (Wildman–Crippen LogP) is 5.10. The van der Waals surface area contributed by atoms with Gasteiger partial charge in [-0.2, -0.15) is 9.41 Å². The Labute approximate surface area is 205 Å². The quantitative estimate of drug-likeness (QED) is 0.311. The van der Waals surface area contributed by atoms with Crippen LogP contribution in [0.15, 0.2) is 87.3 Å². The normalized spacial score (nSPS) is 11.8. The summed E-state index contributed by atoms with van der Waals surface area (Å²) in [4.78, 5) is 12.6. The smallest absolute Gasteiger partial charge is 0.255 e. The van der Waals surface area contributed by atoms with Gasteiger partial charge in [0, 0.05) is 11.0 Å². The summed E-state index contributed by atoms with van der Waals surface area (Å²) in [6, 6.07) is 20.1. The number of carbonyl (C=O) groups is 1. The highest BCUT2D eigenvalue weighted by Gasteiger charge is 2.26. The number of amides is 1. The van der Waals surface area contributed by atoms with Gasteiger partial charge in [-0.1, -0.05) is 75.5 Å². The molecule has 166 valence electrons. The molecule has 0 aliphatic carbocycles. The lowest BCUT2D eigenvalue weighted by atomic mass is 10.2. The predicted molar refractivity (Wildman–Crippen MR) is 130 cm³/mol. The van der Waals surface area contributed by atoms with Crippen LogP contribution in [0.4, 0.5) is 0 Å². The van der Waals surface area contributed by atoms with Gasteiger partial charge < -0.3 is 0 Å². The van der Waals surface area contributed by atoms with Crippen LogP contribution in [-0.4, -0.2) is 31.4 Å². The summed E-state index contributed by atoms with van der Waals surface area (Å²) in [5, 5.41) is 4.65. The molecule has 10 heteroatoms. The average Bonchev–Trinajstić information content (AvgIpc) is 2.78. The number of sulfonamides is 1. The van der Waals surface area contributed by atoms with E-state index in [-0.39, 0.29) is 11.4 Å². The van der Waals surface area contributed by atoms with Crippen LogP contribution in [0.1, 0.15) is 11.1 Å². The lowest BCUT2D eigenvalue weighted by Crippen LogP contribution is -2.39. The van der Waals surface area contributed by atoms with E-state index in [9.17, 15) is 13.2 Å². The van der Waals surface area contributed by atoms with E-state index < -0.39 is 22.5 Å². The van der Waals surface area contributed by atoms with Crippen LogP contribution < -0.4 is 5.43 Å². The Morgan fingerprint density at radius 2 is 1.69 bits per heavy atom. The molecule has 0 bridgehead atoms.